The molecule has 3 aromatic rings. The maximum absolute atomic E-state index is 12.2. The van der Waals surface area contributed by atoms with Crippen LogP contribution < -0.4 is 9.47 Å². The highest BCUT2D eigenvalue weighted by Crippen LogP contribution is 2.29. The van der Waals surface area contributed by atoms with E-state index in [9.17, 15) is 4.79 Å². The summed E-state index contributed by atoms with van der Waals surface area (Å²) in [5.74, 6) is 1.24. The lowest BCUT2D eigenvalue weighted by molar-refractivity contribution is 0.104. The Hall–Kier alpha value is -3.34. The van der Waals surface area contributed by atoms with Gasteiger partial charge in [0, 0.05) is 13.2 Å². The van der Waals surface area contributed by atoms with E-state index in [0.717, 1.165) is 11.1 Å². The third kappa shape index (κ3) is 5.07. The van der Waals surface area contributed by atoms with Gasteiger partial charge in [-0.2, -0.15) is 5.10 Å². The van der Waals surface area contributed by atoms with E-state index >= 15 is 0 Å². The highest BCUT2D eigenvalue weighted by molar-refractivity contribution is 6.06. The van der Waals surface area contributed by atoms with E-state index in [4.69, 9.17) is 9.47 Å². The van der Waals surface area contributed by atoms with Crippen molar-refractivity contribution >= 4 is 11.9 Å². The Kier molecular flexibility index (Phi) is 6.05. The molecular formula is C22H22N2O3. The molecule has 5 heteroatoms. The largest absolute Gasteiger partial charge is 0.490 e. The summed E-state index contributed by atoms with van der Waals surface area (Å²) in [5.41, 5.74) is 2.51. The number of aryl methyl sites for hydroxylation is 1. The molecule has 1 aromatic heterocycles. The first kappa shape index (κ1) is 18.5. The average Bonchev–Trinajstić information content (AvgIpc) is 3.13. The van der Waals surface area contributed by atoms with Crippen LogP contribution in [0.25, 0.3) is 6.08 Å². The molecule has 0 radical (unpaired) electrons. The monoisotopic (exact) mass is 362 g/mol. The van der Waals surface area contributed by atoms with E-state index in [0.29, 0.717) is 30.3 Å². The number of hydrogen-bond donors (Lipinski definition) is 0. The van der Waals surface area contributed by atoms with Crippen molar-refractivity contribution in [1.82, 2.24) is 9.78 Å². The predicted octanol–water partition coefficient (Wildman–Crippen LogP) is 4.29. The molecule has 0 bridgehead atoms. The van der Waals surface area contributed by atoms with E-state index in [1.165, 1.54) is 6.08 Å². The molecule has 0 aliphatic heterocycles. The van der Waals surface area contributed by atoms with Crippen LogP contribution >= 0.6 is 0 Å². The van der Waals surface area contributed by atoms with Crippen LogP contribution in [-0.2, 0) is 13.7 Å². The topological polar surface area (TPSA) is 53.3 Å². The Morgan fingerprint density at radius 3 is 2.63 bits per heavy atom. The highest BCUT2D eigenvalue weighted by Gasteiger charge is 2.07. The number of nitrogens with zero attached hydrogens (tertiary/aromatic N) is 2. The van der Waals surface area contributed by atoms with E-state index < -0.39 is 0 Å². The van der Waals surface area contributed by atoms with Gasteiger partial charge in [0.05, 0.1) is 18.4 Å². The lowest BCUT2D eigenvalue weighted by atomic mass is 10.1. The minimum Gasteiger partial charge on any atom is -0.490 e. The summed E-state index contributed by atoms with van der Waals surface area (Å²) in [5, 5.41) is 4.01. The Morgan fingerprint density at radius 1 is 1.11 bits per heavy atom. The van der Waals surface area contributed by atoms with Crippen LogP contribution in [0.4, 0.5) is 0 Å². The number of aromatic nitrogens is 2. The van der Waals surface area contributed by atoms with Crippen LogP contribution in [0, 0.1) is 0 Å². The molecule has 2 aromatic carbocycles. The van der Waals surface area contributed by atoms with Crippen molar-refractivity contribution in [2.75, 3.05) is 6.61 Å². The van der Waals surface area contributed by atoms with E-state index in [2.05, 4.69) is 5.10 Å². The van der Waals surface area contributed by atoms with Crippen molar-refractivity contribution < 1.29 is 14.3 Å². The zero-order chi connectivity index (χ0) is 19.1. The first-order valence-electron chi connectivity index (χ1n) is 8.80. The fourth-order valence-corrected chi connectivity index (χ4v) is 2.57. The fourth-order valence-electron chi connectivity index (χ4n) is 2.57. The summed E-state index contributed by atoms with van der Waals surface area (Å²) in [4.78, 5) is 12.2. The molecule has 138 valence electrons. The van der Waals surface area contributed by atoms with Gasteiger partial charge in [0.1, 0.15) is 6.61 Å². The maximum atomic E-state index is 12.2. The molecule has 0 fully saturated rings. The summed E-state index contributed by atoms with van der Waals surface area (Å²) in [7, 11) is 1.78. The van der Waals surface area contributed by atoms with Crippen LogP contribution in [0.5, 0.6) is 11.5 Å². The lowest BCUT2D eigenvalue weighted by Crippen LogP contribution is -2.00. The molecule has 5 nitrogen and oxygen atoms in total. The minimum absolute atomic E-state index is 0.0922. The lowest BCUT2D eigenvalue weighted by Gasteiger charge is -2.12. The average molecular weight is 362 g/mol. The zero-order valence-corrected chi connectivity index (χ0v) is 15.5. The van der Waals surface area contributed by atoms with E-state index in [1.807, 2.05) is 55.5 Å². The molecule has 0 atom stereocenters. The van der Waals surface area contributed by atoms with Crippen LogP contribution in [0.1, 0.15) is 28.4 Å². The van der Waals surface area contributed by atoms with Crippen LogP contribution in [0.2, 0.25) is 0 Å². The van der Waals surface area contributed by atoms with Crippen molar-refractivity contribution in [3.63, 3.8) is 0 Å². The molecule has 0 saturated carbocycles. The first-order valence-corrected chi connectivity index (χ1v) is 8.80. The number of carbonyl (C=O) groups excluding carboxylic acids is 1. The second kappa shape index (κ2) is 8.85. The molecule has 0 amide bonds. The first-order chi connectivity index (χ1) is 13.2. The third-order valence-corrected chi connectivity index (χ3v) is 3.92. The summed E-state index contributed by atoms with van der Waals surface area (Å²) in [6.07, 6.45) is 6.54. The number of ether oxygens (including phenoxy) is 2. The van der Waals surface area contributed by atoms with Gasteiger partial charge in [-0.15, -0.1) is 0 Å². The highest BCUT2D eigenvalue weighted by atomic mass is 16.5. The Bertz CT molecular complexity index is 930. The summed E-state index contributed by atoms with van der Waals surface area (Å²) in [6, 6.07) is 15.6. The van der Waals surface area contributed by atoms with Gasteiger partial charge in [0.25, 0.3) is 0 Å². The zero-order valence-electron chi connectivity index (χ0n) is 15.5. The van der Waals surface area contributed by atoms with Crippen molar-refractivity contribution in [2.24, 2.45) is 7.05 Å². The summed E-state index contributed by atoms with van der Waals surface area (Å²) < 4.78 is 13.2. The third-order valence-electron chi connectivity index (χ3n) is 3.92. The summed E-state index contributed by atoms with van der Waals surface area (Å²) >= 11 is 0. The van der Waals surface area contributed by atoms with Gasteiger partial charge in [-0.1, -0.05) is 42.5 Å². The molecule has 3 rings (SSSR count). The van der Waals surface area contributed by atoms with Crippen LogP contribution in [0.3, 0.4) is 0 Å². The fraction of sp³-hybridized carbons (Fsp3) is 0.182. The van der Waals surface area contributed by atoms with Gasteiger partial charge in [-0.25, -0.2) is 0 Å². The molecule has 27 heavy (non-hydrogen) atoms. The van der Waals surface area contributed by atoms with Gasteiger partial charge >= 0.3 is 0 Å². The van der Waals surface area contributed by atoms with Crippen molar-refractivity contribution in [1.29, 1.82) is 0 Å². The number of benzene rings is 2. The molecule has 0 N–H and O–H groups in total. The quantitative estimate of drug-likeness (QED) is 0.443. The van der Waals surface area contributed by atoms with Gasteiger partial charge in [-0.3, -0.25) is 9.48 Å². The standard InChI is InChI=1S/C22H22N2O3/c1-3-26-22-13-17(9-11-20(25)19-14-23-24(2)15-19)10-12-21(22)27-16-18-7-5-4-6-8-18/h4-15H,3,16H2,1-2H3. The molecule has 0 aliphatic rings. The van der Waals surface area contributed by atoms with Gasteiger partial charge in [-0.05, 0) is 36.3 Å². The predicted molar refractivity (Wildman–Crippen MR) is 105 cm³/mol. The Morgan fingerprint density at radius 2 is 1.93 bits per heavy atom. The SMILES string of the molecule is CCOc1cc(C=CC(=O)c2cnn(C)c2)ccc1OCc1ccccc1. The molecule has 0 saturated heterocycles. The van der Waals surface area contributed by atoms with Crippen LogP contribution in [-0.4, -0.2) is 22.2 Å². The number of ketones is 1. The summed E-state index contributed by atoms with van der Waals surface area (Å²) in [6.45, 7) is 2.93. The van der Waals surface area contributed by atoms with E-state index in [-0.39, 0.29) is 5.78 Å². The Labute approximate surface area is 158 Å². The number of allylic oxidation sites excluding steroid dienone is 1. The molecule has 0 unspecified atom stereocenters. The van der Waals surface area contributed by atoms with E-state index in [1.54, 1.807) is 30.2 Å². The number of carbonyl (C=O) groups is 1. The Balaban J connectivity index is 1.72. The maximum Gasteiger partial charge on any atom is 0.189 e. The van der Waals surface area contributed by atoms with Crippen molar-refractivity contribution in [3.8, 4) is 11.5 Å². The second-order valence-corrected chi connectivity index (χ2v) is 6.01. The smallest absolute Gasteiger partial charge is 0.189 e. The van der Waals surface area contributed by atoms with Crippen LogP contribution in [0.15, 0.2) is 67.0 Å². The normalized spacial score (nSPS) is 10.9. The minimum atomic E-state index is -0.0922. The van der Waals surface area contributed by atoms with Gasteiger partial charge < -0.3 is 9.47 Å². The second-order valence-electron chi connectivity index (χ2n) is 6.01. The number of rotatable bonds is 8. The number of hydrogen-bond acceptors (Lipinski definition) is 4. The molecule has 0 aliphatic carbocycles. The molecular weight excluding hydrogens is 340 g/mol. The molecule has 1 heterocycles. The van der Waals surface area contributed by atoms with Gasteiger partial charge in [0.2, 0.25) is 0 Å². The van der Waals surface area contributed by atoms with Gasteiger partial charge in [0.15, 0.2) is 17.3 Å². The van der Waals surface area contributed by atoms with Crippen molar-refractivity contribution in [3.05, 3.63) is 83.7 Å². The molecule has 0 spiro atoms. The van der Waals surface area contributed by atoms with Crippen molar-refractivity contribution in [2.45, 2.75) is 13.5 Å².